The molecule has 1 aliphatic heterocycles. The molecule has 1 aromatic rings. The molecule has 1 N–H and O–H groups in total. The quantitative estimate of drug-likeness (QED) is 0.869. The molecular formula is C14H20BrN3O3. The molecule has 2 unspecified atom stereocenters. The molecule has 1 amide bonds. The maximum Gasteiger partial charge on any atom is 0.257 e. The number of rotatable bonds is 5. The Hall–Kier alpha value is -1.18. The van der Waals surface area contributed by atoms with Gasteiger partial charge in [0, 0.05) is 44.5 Å². The number of halogens is 1. The molecule has 2 atom stereocenters. The van der Waals surface area contributed by atoms with Crippen molar-refractivity contribution in [1.82, 2.24) is 9.88 Å². The molecule has 1 aromatic heterocycles. The Morgan fingerprint density at radius 3 is 2.57 bits per heavy atom. The van der Waals surface area contributed by atoms with Gasteiger partial charge in [-0.1, -0.05) is 0 Å². The van der Waals surface area contributed by atoms with Crippen molar-refractivity contribution in [3.63, 3.8) is 0 Å². The van der Waals surface area contributed by atoms with Crippen molar-refractivity contribution in [3.05, 3.63) is 22.3 Å². The lowest BCUT2D eigenvalue weighted by Crippen LogP contribution is -2.31. The van der Waals surface area contributed by atoms with Gasteiger partial charge in [-0.3, -0.25) is 4.79 Å². The minimum absolute atomic E-state index is 0.0682. The summed E-state index contributed by atoms with van der Waals surface area (Å²) in [6, 6.07) is 1.79. The highest BCUT2D eigenvalue weighted by atomic mass is 79.9. The highest BCUT2D eigenvalue weighted by molar-refractivity contribution is 9.10. The van der Waals surface area contributed by atoms with Crippen LogP contribution in [0.2, 0.25) is 0 Å². The molecule has 0 radical (unpaired) electrons. The van der Waals surface area contributed by atoms with E-state index in [0.29, 0.717) is 31.0 Å². The predicted octanol–water partition coefficient (Wildman–Crippen LogP) is 1.76. The summed E-state index contributed by atoms with van der Waals surface area (Å²) in [7, 11) is 3.27. The Bertz CT molecular complexity index is 500. The number of carbonyl (C=O) groups is 1. The summed E-state index contributed by atoms with van der Waals surface area (Å²) < 4.78 is 11.5. The van der Waals surface area contributed by atoms with Crippen molar-refractivity contribution in [2.24, 2.45) is 0 Å². The number of methoxy groups -OCH3 is 2. The Morgan fingerprint density at radius 1 is 1.43 bits per heavy atom. The molecule has 0 aliphatic carbocycles. The lowest BCUT2D eigenvalue weighted by Gasteiger charge is -2.18. The number of hydrogen-bond donors (Lipinski definition) is 1. The van der Waals surface area contributed by atoms with Gasteiger partial charge >= 0.3 is 0 Å². The molecule has 6 nitrogen and oxygen atoms in total. The Balaban J connectivity index is 2.22. The predicted molar refractivity (Wildman–Crippen MR) is 83.6 cm³/mol. The van der Waals surface area contributed by atoms with E-state index in [1.165, 1.54) is 0 Å². The number of ether oxygens (including phenoxy) is 2. The largest absolute Gasteiger partial charge is 0.377 e. The third kappa shape index (κ3) is 3.53. The molecule has 1 aliphatic rings. The monoisotopic (exact) mass is 357 g/mol. The second kappa shape index (κ2) is 7.20. The number of anilines is 1. The topological polar surface area (TPSA) is 63.7 Å². The fraction of sp³-hybridized carbons (Fsp3) is 0.571. The van der Waals surface area contributed by atoms with Crippen molar-refractivity contribution in [3.8, 4) is 0 Å². The normalized spacial score (nSPS) is 21.6. The van der Waals surface area contributed by atoms with E-state index in [1.54, 1.807) is 31.4 Å². The lowest BCUT2D eigenvalue weighted by molar-refractivity contribution is -0.00461. The number of pyridine rings is 1. The van der Waals surface area contributed by atoms with Gasteiger partial charge in [0.1, 0.15) is 18.0 Å². The Morgan fingerprint density at radius 2 is 2.05 bits per heavy atom. The third-order valence-electron chi connectivity index (χ3n) is 3.54. The van der Waals surface area contributed by atoms with E-state index >= 15 is 0 Å². The lowest BCUT2D eigenvalue weighted by atomic mass is 10.2. The average Bonchev–Trinajstić information content (AvgIpc) is 2.92. The molecule has 1 saturated heterocycles. The van der Waals surface area contributed by atoms with E-state index in [4.69, 9.17) is 9.47 Å². The van der Waals surface area contributed by atoms with Gasteiger partial charge in [-0.15, -0.1) is 0 Å². The average molecular weight is 358 g/mol. The number of likely N-dealkylation sites (tertiary alicyclic amines) is 1. The van der Waals surface area contributed by atoms with Crippen LogP contribution in [0.3, 0.4) is 0 Å². The third-order valence-corrected chi connectivity index (χ3v) is 3.97. The van der Waals surface area contributed by atoms with Gasteiger partial charge in [0.25, 0.3) is 5.91 Å². The van der Waals surface area contributed by atoms with Crippen molar-refractivity contribution in [2.45, 2.75) is 19.1 Å². The molecule has 0 spiro atoms. The molecule has 0 aromatic carbocycles. The maximum atomic E-state index is 12.7. The standard InChI is InChI=1S/C14H20BrN3O3/c1-4-16-13-10(5-9(15)6-17-13)14(19)18-7-11(20-2)12(8-18)21-3/h5-6,11-12H,4,7-8H2,1-3H3,(H,16,17). The minimum atomic E-state index is -0.0957. The van der Waals surface area contributed by atoms with Gasteiger partial charge in [-0.2, -0.15) is 0 Å². The summed E-state index contributed by atoms with van der Waals surface area (Å²) in [5, 5.41) is 3.12. The number of hydrogen-bond acceptors (Lipinski definition) is 5. The van der Waals surface area contributed by atoms with Crippen molar-refractivity contribution >= 4 is 27.7 Å². The number of nitrogens with one attached hydrogen (secondary N) is 1. The first-order valence-electron chi connectivity index (χ1n) is 6.85. The summed E-state index contributed by atoms with van der Waals surface area (Å²) in [5.41, 5.74) is 0.554. The van der Waals surface area contributed by atoms with Crippen LogP contribution in [0, 0.1) is 0 Å². The van der Waals surface area contributed by atoms with Crippen LogP contribution in [0.5, 0.6) is 0 Å². The second-order valence-corrected chi connectivity index (χ2v) is 5.75. The molecule has 2 rings (SSSR count). The second-order valence-electron chi connectivity index (χ2n) is 4.84. The zero-order chi connectivity index (χ0) is 15.4. The number of amides is 1. The highest BCUT2D eigenvalue weighted by Gasteiger charge is 2.36. The van der Waals surface area contributed by atoms with Gasteiger partial charge in [0.2, 0.25) is 0 Å². The van der Waals surface area contributed by atoms with Crippen molar-refractivity contribution in [2.75, 3.05) is 39.2 Å². The van der Waals surface area contributed by atoms with Crippen LogP contribution in [0.15, 0.2) is 16.7 Å². The number of aromatic nitrogens is 1. The fourth-order valence-corrected chi connectivity index (χ4v) is 2.77. The molecule has 7 heteroatoms. The van der Waals surface area contributed by atoms with Crippen LogP contribution in [0.4, 0.5) is 5.82 Å². The molecule has 116 valence electrons. The van der Waals surface area contributed by atoms with Crippen LogP contribution >= 0.6 is 15.9 Å². The van der Waals surface area contributed by atoms with E-state index in [2.05, 4.69) is 26.2 Å². The SMILES string of the molecule is CCNc1ncc(Br)cc1C(=O)N1CC(OC)C(OC)C1. The summed E-state index contributed by atoms with van der Waals surface area (Å²) in [6.07, 6.45) is 1.48. The Labute approximate surface area is 132 Å². The van der Waals surface area contributed by atoms with E-state index in [0.717, 1.165) is 4.47 Å². The summed E-state index contributed by atoms with van der Waals surface area (Å²) in [6.45, 7) is 3.71. The number of carbonyl (C=O) groups excluding carboxylic acids is 1. The Kier molecular flexibility index (Phi) is 5.55. The first-order chi connectivity index (χ1) is 10.1. The van der Waals surface area contributed by atoms with E-state index < -0.39 is 0 Å². The van der Waals surface area contributed by atoms with Crippen molar-refractivity contribution < 1.29 is 14.3 Å². The zero-order valence-electron chi connectivity index (χ0n) is 12.4. The van der Waals surface area contributed by atoms with Gasteiger partial charge < -0.3 is 19.7 Å². The molecular weight excluding hydrogens is 338 g/mol. The summed E-state index contributed by atoms with van der Waals surface area (Å²) in [4.78, 5) is 18.7. The van der Waals surface area contributed by atoms with Crippen LogP contribution < -0.4 is 5.32 Å². The van der Waals surface area contributed by atoms with Gasteiger partial charge in [-0.05, 0) is 28.9 Å². The highest BCUT2D eigenvalue weighted by Crippen LogP contribution is 2.23. The first-order valence-corrected chi connectivity index (χ1v) is 7.64. The van der Waals surface area contributed by atoms with Crippen LogP contribution in [-0.4, -0.2) is 61.9 Å². The van der Waals surface area contributed by atoms with E-state index in [9.17, 15) is 4.79 Å². The van der Waals surface area contributed by atoms with Crippen molar-refractivity contribution in [1.29, 1.82) is 0 Å². The van der Waals surface area contributed by atoms with Gasteiger partial charge in [-0.25, -0.2) is 4.98 Å². The van der Waals surface area contributed by atoms with E-state index in [-0.39, 0.29) is 18.1 Å². The van der Waals surface area contributed by atoms with Gasteiger partial charge in [0.05, 0.1) is 5.56 Å². The van der Waals surface area contributed by atoms with Crippen LogP contribution in [-0.2, 0) is 9.47 Å². The minimum Gasteiger partial charge on any atom is -0.377 e. The fourth-order valence-electron chi connectivity index (χ4n) is 2.44. The summed E-state index contributed by atoms with van der Waals surface area (Å²) >= 11 is 3.36. The molecule has 0 saturated carbocycles. The molecule has 1 fully saturated rings. The van der Waals surface area contributed by atoms with Crippen LogP contribution in [0.1, 0.15) is 17.3 Å². The van der Waals surface area contributed by atoms with Crippen LogP contribution in [0.25, 0.3) is 0 Å². The summed E-state index contributed by atoms with van der Waals surface area (Å²) in [5.74, 6) is 0.530. The first kappa shape index (κ1) is 16.2. The smallest absolute Gasteiger partial charge is 0.257 e. The maximum absolute atomic E-state index is 12.7. The van der Waals surface area contributed by atoms with Gasteiger partial charge in [0.15, 0.2) is 0 Å². The zero-order valence-corrected chi connectivity index (χ0v) is 14.0. The number of nitrogens with zero attached hydrogens (tertiary/aromatic N) is 2. The molecule has 0 bridgehead atoms. The molecule has 21 heavy (non-hydrogen) atoms. The molecule has 2 heterocycles. The van der Waals surface area contributed by atoms with E-state index in [1.807, 2.05) is 6.92 Å².